The first-order valence-electron chi connectivity index (χ1n) is 4.47. The van der Waals surface area contributed by atoms with Crippen LogP contribution in [0.5, 0.6) is 0 Å². The lowest BCUT2D eigenvalue weighted by atomic mass is 10.3. The van der Waals surface area contributed by atoms with Crippen molar-refractivity contribution in [2.75, 3.05) is 33.6 Å². The van der Waals surface area contributed by atoms with E-state index in [0.717, 1.165) is 10.6 Å². The number of carbonyl (C=O) groups excluding carboxylic acids is 1. The van der Waals surface area contributed by atoms with Gasteiger partial charge in [0.25, 0.3) is 0 Å². The summed E-state index contributed by atoms with van der Waals surface area (Å²) in [5.41, 5.74) is 0. The van der Waals surface area contributed by atoms with Crippen molar-refractivity contribution in [3.63, 3.8) is 0 Å². The molecule has 0 spiro atoms. The van der Waals surface area contributed by atoms with Gasteiger partial charge in [-0.1, -0.05) is 0 Å². The van der Waals surface area contributed by atoms with Crippen molar-refractivity contribution in [1.29, 1.82) is 0 Å². The van der Waals surface area contributed by atoms with Gasteiger partial charge in [0.15, 0.2) is 0 Å². The summed E-state index contributed by atoms with van der Waals surface area (Å²) in [5.74, 6) is -0.340. The average Bonchev–Trinajstić information content (AvgIpc) is 2.01. The molecule has 0 aliphatic rings. The number of amides is 1. The van der Waals surface area contributed by atoms with E-state index < -0.39 is 10.0 Å². The lowest BCUT2D eigenvalue weighted by Crippen LogP contribution is -2.42. The number of nitrogens with one attached hydrogen (secondary N) is 1. The molecule has 1 amide bonds. The number of likely N-dealkylation sites (N-methyl/N-ethyl adjacent to an activating group) is 1. The van der Waals surface area contributed by atoms with Crippen molar-refractivity contribution in [1.82, 2.24) is 9.62 Å². The van der Waals surface area contributed by atoms with Crippen LogP contribution in [0, 0.1) is 0 Å². The van der Waals surface area contributed by atoms with Crippen molar-refractivity contribution in [3.05, 3.63) is 0 Å². The fraction of sp³-hybridized carbons (Fsp3) is 0.875. The Hall–Kier alpha value is -0.660. The number of carbonyl (C=O) groups is 1. The minimum Gasteiger partial charge on any atom is -0.383 e. The molecule has 7 heteroatoms. The van der Waals surface area contributed by atoms with Crippen molar-refractivity contribution in [2.45, 2.75) is 13.0 Å². The van der Waals surface area contributed by atoms with Gasteiger partial charge in [0.2, 0.25) is 15.9 Å². The van der Waals surface area contributed by atoms with E-state index in [1.54, 1.807) is 6.92 Å². The summed E-state index contributed by atoms with van der Waals surface area (Å²) in [6.45, 7) is 2.00. The Bertz CT molecular complexity index is 302. The number of hydrogen-bond acceptors (Lipinski definition) is 4. The van der Waals surface area contributed by atoms with E-state index in [4.69, 9.17) is 4.74 Å². The molecule has 0 aromatic heterocycles. The van der Waals surface area contributed by atoms with Crippen LogP contribution >= 0.6 is 0 Å². The summed E-state index contributed by atoms with van der Waals surface area (Å²) >= 11 is 0. The Balaban J connectivity index is 4.05. The molecular weight excluding hydrogens is 220 g/mol. The molecule has 0 bridgehead atoms. The SMILES string of the molecule is COCC(C)NC(=O)CN(C)S(C)(=O)=O. The molecule has 0 saturated heterocycles. The van der Waals surface area contributed by atoms with E-state index in [1.165, 1.54) is 14.2 Å². The van der Waals surface area contributed by atoms with Gasteiger partial charge >= 0.3 is 0 Å². The highest BCUT2D eigenvalue weighted by atomic mass is 32.2. The molecule has 1 atom stereocenters. The first-order valence-corrected chi connectivity index (χ1v) is 6.31. The molecule has 6 nitrogen and oxygen atoms in total. The van der Waals surface area contributed by atoms with Gasteiger partial charge in [-0.2, -0.15) is 4.31 Å². The molecule has 1 unspecified atom stereocenters. The molecular formula is C8H18N2O4S. The average molecular weight is 238 g/mol. The van der Waals surface area contributed by atoms with Crippen molar-refractivity contribution in [3.8, 4) is 0 Å². The third-order valence-electron chi connectivity index (χ3n) is 1.76. The zero-order valence-electron chi connectivity index (χ0n) is 9.48. The molecule has 0 aromatic rings. The van der Waals surface area contributed by atoms with Gasteiger partial charge in [0, 0.05) is 20.2 Å². The van der Waals surface area contributed by atoms with E-state index in [2.05, 4.69) is 5.32 Å². The summed E-state index contributed by atoms with van der Waals surface area (Å²) in [4.78, 5) is 11.3. The molecule has 0 fully saturated rings. The highest BCUT2D eigenvalue weighted by Gasteiger charge is 2.16. The van der Waals surface area contributed by atoms with Crippen LogP contribution < -0.4 is 5.32 Å². The van der Waals surface area contributed by atoms with Gasteiger partial charge in [-0.15, -0.1) is 0 Å². The van der Waals surface area contributed by atoms with Crippen LogP contribution in [0.4, 0.5) is 0 Å². The van der Waals surface area contributed by atoms with Gasteiger partial charge in [-0.05, 0) is 6.92 Å². The zero-order valence-corrected chi connectivity index (χ0v) is 10.3. The first-order chi connectivity index (χ1) is 6.77. The van der Waals surface area contributed by atoms with Crippen LogP contribution in [0.2, 0.25) is 0 Å². The van der Waals surface area contributed by atoms with E-state index in [9.17, 15) is 13.2 Å². The molecule has 0 radical (unpaired) electrons. The maximum Gasteiger partial charge on any atom is 0.235 e. The fourth-order valence-electron chi connectivity index (χ4n) is 0.932. The topological polar surface area (TPSA) is 75.7 Å². The summed E-state index contributed by atoms with van der Waals surface area (Å²) in [6, 6.07) is -0.129. The van der Waals surface area contributed by atoms with E-state index in [0.29, 0.717) is 6.61 Å². The highest BCUT2D eigenvalue weighted by molar-refractivity contribution is 7.88. The molecule has 0 saturated carbocycles. The van der Waals surface area contributed by atoms with Crippen LogP contribution in [0.25, 0.3) is 0 Å². The Morgan fingerprint density at radius 1 is 1.53 bits per heavy atom. The van der Waals surface area contributed by atoms with E-state index in [-0.39, 0.29) is 18.5 Å². The second-order valence-corrected chi connectivity index (χ2v) is 5.53. The normalized spacial score (nSPS) is 13.9. The van der Waals surface area contributed by atoms with E-state index >= 15 is 0 Å². The number of ether oxygens (including phenoxy) is 1. The Labute approximate surface area is 90.6 Å². The maximum atomic E-state index is 11.3. The summed E-state index contributed by atoms with van der Waals surface area (Å²) in [7, 11) is -0.415. The third kappa shape index (κ3) is 6.43. The van der Waals surface area contributed by atoms with E-state index in [1.807, 2.05) is 0 Å². The fourth-order valence-corrected chi connectivity index (χ4v) is 1.28. The molecule has 1 N–H and O–H groups in total. The number of hydrogen-bond donors (Lipinski definition) is 1. The van der Waals surface area contributed by atoms with Crippen LogP contribution in [0.15, 0.2) is 0 Å². The summed E-state index contributed by atoms with van der Waals surface area (Å²) in [5, 5.41) is 2.61. The molecule has 0 aromatic carbocycles. The summed E-state index contributed by atoms with van der Waals surface area (Å²) < 4.78 is 27.8. The molecule has 0 heterocycles. The second kappa shape index (κ2) is 6.04. The minimum absolute atomic E-state index is 0.129. The highest BCUT2D eigenvalue weighted by Crippen LogP contribution is 1.92. The Morgan fingerprint density at radius 3 is 2.47 bits per heavy atom. The lowest BCUT2D eigenvalue weighted by Gasteiger charge is -2.16. The predicted molar refractivity (Wildman–Crippen MR) is 57.0 cm³/mol. The molecule has 90 valence electrons. The van der Waals surface area contributed by atoms with Gasteiger partial charge < -0.3 is 10.1 Å². The number of methoxy groups -OCH3 is 1. The van der Waals surface area contributed by atoms with Crippen LogP contribution in [-0.4, -0.2) is 58.2 Å². The van der Waals surface area contributed by atoms with Crippen molar-refractivity contribution >= 4 is 15.9 Å². The van der Waals surface area contributed by atoms with Gasteiger partial charge in [0.1, 0.15) is 0 Å². The van der Waals surface area contributed by atoms with Crippen LogP contribution in [0.3, 0.4) is 0 Å². The molecule has 0 aliphatic carbocycles. The molecule has 15 heavy (non-hydrogen) atoms. The number of sulfonamides is 1. The lowest BCUT2D eigenvalue weighted by molar-refractivity contribution is -0.122. The third-order valence-corrected chi connectivity index (χ3v) is 3.02. The maximum absolute atomic E-state index is 11.3. The number of nitrogens with zero attached hydrogens (tertiary/aromatic N) is 1. The monoisotopic (exact) mass is 238 g/mol. The van der Waals surface area contributed by atoms with Crippen LogP contribution in [-0.2, 0) is 19.6 Å². The number of rotatable bonds is 6. The Morgan fingerprint density at radius 2 is 2.07 bits per heavy atom. The van der Waals surface area contributed by atoms with Gasteiger partial charge in [-0.25, -0.2) is 8.42 Å². The quantitative estimate of drug-likeness (QED) is 0.646. The Kier molecular flexibility index (Phi) is 5.77. The standard InChI is InChI=1S/C8H18N2O4S/c1-7(6-14-3)9-8(11)5-10(2)15(4,12)13/h7H,5-6H2,1-4H3,(H,9,11). The van der Waals surface area contributed by atoms with Gasteiger partial charge in [0.05, 0.1) is 19.4 Å². The minimum atomic E-state index is -3.30. The van der Waals surface area contributed by atoms with Crippen molar-refractivity contribution in [2.24, 2.45) is 0 Å². The largest absolute Gasteiger partial charge is 0.383 e. The van der Waals surface area contributed by atoms with Crippen LogP contribution in [0.1, 0.15) is 6.92 Å². The first kappa shape index (κ1) is 14.3. The predicted octanol–water partition coefficient (Wildman–Crippen LogP) is -0.971. The zero-order chi connectivity index (χ0) is 12.1. The molecule has 0 aliphatic heterocycles. The second-order valence-electron chi connectivity index (χ2n) is 3.44. The van der Waals surface area contributed by atoms with Crippen molar-refractivity contribution < 1.29 is 17.9 Å². The smallest absolute Gasteiger partial charge is 0.235 e. The molecule has 0 rings (SSSR count). The summed E-state index contributed by atoms with van der Waals surface area (Å²) in [6.07, 6.45) is 1.05. The van der Waals surface area contributed by atoms with Gasteiger partial charge in [-0.3, -0.25) is 4.79 Å².